The molecule has 0 aliphatic carbocycles. The lowest BCUT2D eigenvalue weighted by Gasteiger charge is -2.07. The largest absolute Gasteiger partial charge is 0.340 e. The molecule has 0 fully saturated rings. The molecule has 0 radical (unpaired) electrons. The molecule has 0 bridgehead atoms. The van der Waals surface area contributed by atoms with Crippen LogP contribution in [0, 0.1) is 6.92 Å². The molecule has 1 N–H and O–H groups in total. The number of hydrogen-bond acceptors (Lipinski definition) is 5. The predicted octanol–water partition coefficient (Wildman–Crippen LogP) is 1.32. The molecule has 0 saturated heterocycles. The molecule has 2 aromatic rings. The summed E-state index contributed by atoms with van der Waals surface area (Å²) in [7, 11) is 0. The van der Waals surface area contributed by atoms with Crippen LogP contribution in [0.1, 0.15) is 30.8 Å². The lowest BCUT2D eigenvalue weighted by molar-refractivity contribution is 0.387. The molecule has 0 aliphatic rings. The van der Waals surface area contributed by atoms with Crippen molar-refractivity contribution in [1.82, 2.24) is 25.0 Å². The summed E-state index contributed by atoms with van der Waals surface area (Å²) in [4.78, 5) is 8.32. The van der Waals surface area contributed by atoms with E-state index in [1.807, 2.05) is 12.5 Å². The van der Waals surface area contributed by atoms with E-state index in [2.05, 4.69) is 31.9 Å². The molecule has 0 spiro atoms. The van der Waals surface area contributed by atoms with Gasteiger partial charge in [0, 0.05) is 39.2 Å². The van der Waals surface area contributed by atoms with E-state index < -0.39 is 0 Å². The molecule has 0 aromatic carbocycles. The van der Waals surface area contributed by atoms with Gasteiger partial charge in [-0.05, 0) is 6.42 Å². The standard InChI is InChI=1S/C12H19N5O/c1-3-6-17-9-14-8-11(17)7-13-5-4-12-15-10(2)18-16-12/h8-9,13H,3-7H2,1-2H3. The Hall–Kier alpha value is -1.69. The Balaban J connectivity index is 1.73. The van der Waals surface area contributed by atoms with Crippen LogP contribution in [0.3, 0.4) is 0 Å². The second-order valence-corrected chi connectivity index (χ2v) is 4.23. The molecule has 0 amide bonds. The molecular weight excluding hydrogens is 230 g/mol. The summed E-state index contributed by atoms with van der Waals surface area (Å²) in [5, 5.41) is 7.22. The first-order valence-electron chi connectivity index (χ1n) is 6.28. The molecule has 0 atom stereocenters. The van der Waals surface area contributed by atoms with Gasteiger partial charge < -0.3 is 14.4 Å². The van der Waals surface area contributed by atoms with Gasteiger partial charge in [0.05, 0.1) is 12.0 Å². The Morgan fingerprint density at radius 3 is 3.06 bits per heavy atom. The molecular formula is C12H19N5O. The van der Waals surface area contributed by atoms with Crippen LogP contribution >= 0.6 is 0 Å². The van der Waals surface area contributed by atoms with Crippen LogP contribution in [0.2, 0.25) is 0 Å². The average molecular weight is 249 g/mol. The number of rotatable bonds is 7. The topological polar surface area (TPSA) is 68.8 Å². The highest BCUT2D eigenvalue weighted by molar-refractivity contribution is 4.98. The van der Waals surface area contributed by atoms with Gasteiger partial charge >= 0.3 is 0 Å². The van der Waals surface area contributed by atoms with E-state index in [-0.39, 0.29) is 0 Å². The normalized spacial score (nSPS) is 11.0. The fourth-order valence-corrected chi connectivity index (χ4v) is 1.80. The minimum absolute atomic E-state index is 0.617. The summed E-state index contributed by atoms with van der Waals surface area (Å²) >= 11 is 0. The summed E-state index contributed by atoms with van der Waals surface area (Å²) < 4.78 is 7.09. The third-order valence-corrected chi connectivity index (χ3v) is 2.66. The van der Waals surface area contributed by atoms with Gasteiger partial charge in [-0.15, -0.1) is 0 Å². The average Bonchev–Trinajstić information content (AvgIpc) is 2.95. The third kappa shape index (κ3) is 3.40. The van der Waals surface area contributed by atoms with E-state index >= 15 is 0 Å². The molecule has 6 heteroatoms. The number of aromatic nitrogens is 4. The fraction of sp³-hybridized carbons (Fsp3) is 0.583. The summed E-state index contributed by atoms with van der Waals surface area (Å²) in [6.45, 7) is 6.62. The molecule has 98 valence electrons. The lowest BCUT2D eigenvalue weighted by Crippen LogP contribution is -2.19. The van der Waals surface area contributed by atoms with Crippen molar-refractivity contribution in [2.75, 3.05) is 6.54 Å². The van der Waals surface area contributed by atoms with Crippen molar-refractivity contribution in [2.45, 2.75) is 39.8 Å². The van der Waals surface area contributed by atoms with Crippen LogP contribution in [0.25, 0.3) is 0 Å². The molecule has 0 saturated carbocycles. The van der Waals surface area contributed by atoms with Crippen molar-refractivity contribution >= 4 is 0 Å². The molecule has 6 nitrogen and oxygen atoms in total. The maximum Gasteiger partial charge on any atom is 0.223 e. The zero-order chi connectivity index (χ0) is 12.8. The summed E-state index contributed by atoms with van der Waals surface area (Å²) in [6, 6.07) is 0. The summed E-state index contributed by atoms with van der Waals surface area (Å²) in [6.07, 6.45) is 5.68. The molecule has 0 unspecified atom stereocenters. The van der Waals surface area contributed by atoms with Gasteiger partial charge in [0.25, 0.3) is 0 Å². The molecule has 2 aromatic heterocycles. The van der Waals surface area contributed by atoms with Gasteiger partial charge in [-0.25, -0.2) is 4.98 Å². The smallest absolute Gasteiger partial charge is 0.223 e. The van der Waals surface area contributed by atoms with Gasteiger partial charge in [-0.3, -0.25) is 0 Å². The first-order chi connectivity index (χ1) is 8.79. The van der Waals surface area contributed by atoms with Crippen molar-refractivity contribution in [3.05, 3.63) is 29.9 Å². The van der Waals surface area contributed by atoms with E-state index in [1.165, 1.54) is 5.69 Å². The number of imidazole rings is 1. The van der Waals surface area contributed by atoms with Crippen molar-refractivity contribution in [1.29, 1.82) is 0 Å². The van der Waals surface area contributed by atoms with Crippen molar-refractivity contribution in [3.8, 4) is 0 Å². The molecule has 18 heavy (non-hydrogen) atoms. The van der Waals surface area contributed by atoms with Crippen LogP contribution in [-0.2, 0) is 19.5 Å². The highest BCUT2D eigenvalue weighted by atomic mass is 16.5. The summed E-state index contributed by atoms with van der Waals surface area (Å²) in [5.41, 5.74) is 1.21. The van der Waals surface area contributed by atoms with E-state index in [0.717, 1.165) is 38.3 Å². The number of nitrogens with one attached hydrogen (secondary N) is 1. The Bertz CT molecular complexity index is 476. The highest BCUT2D eigenvalue weighted by Gasteiger charge is 2.03. The van der Waals surface area contributed by atoms with E-state index in [9.17, 15) is 0 Å². The summed E-state index contributed by atoms with van der Waals surface area (Å²) in [5.74, 6) is 1.37. The van der Waals surface area contributed by atoms with Crippen LogP contribution in [-0.4, -0.2) is 26.2 Å². The van der Waals surface area contributed by atoms with Gasteiger partial charge in [0.1, 0.15) is 0 Å². The maximum absolute atomic E-state index is 4.92. The van der Waals surface area contributed by atoms with Crippen molar-refractivity contribution in [3.63, 3.8) is 0 Å². The Kier molecular flexibility index (Phi) is 4.46. The molecule has 2 heterocycles. The van der Waals surface area contributed by atoms with Crippen LogP contribution in [0.15, 0.2) is 17.0 Å². The van der Waals surface area contributed by atoms with Crippen LogP contribution in [0.4, 0.5) is 0 Å². The number of nitrogens with zero attached hydrogens (tertiary/aromatic N) is 4. The third-order valence-electron chi connectivity index (χ3n) is 2.66. The van der Waals surface area contributed by atoms with E-state index in [0.29, 0.717) is 5.89 Å². The van der Waals surface area contributed by atoms with E-state index in [4.69, 9.17) is 4.52 Å². The quantitative estimate of drug-likeness (QED) is 0.749. The molecule has 0 aliphatic heterocycles. The molecule has 2 rings (SSSR count). The van der Waals surface area contributed by atoms with Gasteiger partial charge in [0.15, 0.2) is 5.82 Å². The van der Waals surface area contributed by atoms with Crippen LogP contribution in [0.5, 0.6) is 0 Å². The minimum Gasteiger partial charge on any atom is -0.340 e. The zero-order valence-corrected chi connectivity index (χ0v) is 10.9. The van der Waals surface area contributed by atoms with Crippen molar-refractivity contribution < 1.29 is 4.52 Å². The second kappa shape index (κ2) is 6.30. The SMILES string of the molecule is CCCn1cncc1CNCCc1noc(C)n1. The van der Waals surface area contributed by atoms with Gasteiger partial charge in [-0.1, -0.05) is 12.1 Å². The maximum atomic E-state index is 4.92. The van der Waals surface area contributed by atoms with Gasteiger partial charge in [0.2, 0.25) is 5.89 Å². The zero-order valence-electron chi connectivity index (χ0n) is 10.9. The predicted molar refractivity (Wildman–Crippen MR) is 67.0 cm³/mol. The Morgan fingerprint density at radius 1 is 1.44 bits per heavy atom. The first-order valence-corrected chi connectivity index (χ1v) is 6.28. The second-order valence-electron chi connectivity index (χ2n) is 4.23. The van der Waals surface area contributed by atoms with Crippen LogP contribution < -0.4 is 5.32 Å². The van der Waals surface area contributed by atoms with Gasteiger partial charge in [-0.2, -0.15) is 4.98 Å². The highest BCUT2D eigenvalue weighted by Crippen LogP contribution is 2.00. The monoisotopic (exact) mass is 249 g/mol. The lowest BCUT2D eigenvalue weighted by atomic mass is 10.3. The fourth-order valence-electron chi connectivity index (χ4n) is 1.80. The first kappa shape index (κ1) is 12.8. The minimum atomic E-state index is 0.617. The number of hydrogen-bond donors (Lipinski definition) is 1. The number of aryl methyl sites for hydroxylation is 2. The van der Waals surface area contributed by atoms with Crippen molar-refractivity contribution in [2.24, 2.45) is 0 Å². The van der Waals surface area contributed by atoms with E-state index in [1.54, 1.807) is 6.92 Å². The Morgan fingerprint density at radius 2 is 2.33 bits per heavy atom. The Labute approximate surface area is 106 Å².